The molecule has 1 aromatic carbocycles. The molecule has 0 saturated carbocycles. The molecule has 0 aliphatic heterocycles. The third kappa shape index (κ3) is 2.31. The Labute approximate surface area is 102 Å². The van der Waals surface area contributed by atoms with Crippen molar-refractivity contribution in [2.45, 2.75) is 13.3 Å². The van der Waals surface area contributed by atoms with E-state index >= 15 is 0 Å². The van der Waals surface area contributed by atoms with Gasteiger partial charge in [-0.05, 0) is 24.6 Å². The Bertz CT molecular complexity index is 496. The predicted octanol–water partition coefficient (Wildman–Crippen LogP) is 1.87. The lowest BCUT2D eigenvalue weighted by Crippen LogP contribution is -1.95. The summed E-state index contributed by atoms with van der Waals surface area (Å²) < 4.78 is 2.75. The Morgan fingerprint density at radius 2 is 2.25 bits per heavy atom. The van der Waals surface area contributed by atoms with Crippen LogP contribution in [0.5, 0.6) is 0 Å². The van der Waals surface area contributed by atoms with Crippen LogP contribution in [0.2, 0.25) is 0 Å². The summed E-state index contributed by atoms with van der Waals surface area (Å²) >= 11 is 3.48. The van der Waals surface area contributed by atoms with Gasteiger partial charge in [0.25, 0.3) is 0 Å². The van der Waals surface area contributed by atoms with Gasteiger partial charge >= 0.3 is 0 Å². The van der Waals surface area contributed by atoms with Gasteiger partial charge < -0.3 is 5.11 Å². The number of aromatic nitrogens is 3. The molecule has 1 aromatic heterocycles. The number of hydrogen-bond acceptors (Lipinski definition) is 3. The minimum Gasteiger partial charge on any atom is -0.396 e. The average Bonchev–Trinajstić information content (AvgIpc) is 2.71. The smallest absolute Gasteiger partial charge is 0.0854 e. The summed E-state index contributed by atoms with van der Waals surface area (Å²) in [7, 11) is 0. The van der Waals surface area contributed by atoms with Gasteiger partial charge in [-0.15, -0.1) is 5.10 Å². The molecule has 2 rings (SSSR count). The van der Waals surface area contributed by atoms with Crippen molar-refractivity contribution in [2.24, 2.45) is 0 Å². The number of benzene rings is 1. The Morgan fingerprint density at radius 3 is 2.94 bits per heavy atom. The summed E-state index contributed by atoms with van der Waals surface area (Å²) in [6, 6.07) is 6.00. The van der Waals surface area contributed by atoms with Crippen molar-refractivity contribution in [3.05, 3.63) is 40.1 Å². The van der Waals surface area contributed by atoms with E-state index in [1.165, 1.54) is 5.56 Å². The van der Waals surface area contributed by atoms with E-state index in [-0.39, 0.29) is 6.61 Å². The molecule has 1 N–H and O–H groups in total. The Morgan fingerprint density at radius 1 is 1.44 bits per heavy atom. The number of aliphatic hydroxyl groups excluding tert-OH is 1. The second-order valence-corrected chi connectivity index (χ2v) is 4.42. The summed E-state index contributed by atoms with van der Waals surface area (Å²) in [4.78, 5) is 0. The van der Waals surface area contributed by atoms with Crippen LogP contribution in [0.3, 0.4) is 0 Å². The zero-order chi connectivity index (χ0) is 11.5. The van der Waals surface area contributed by atoms with E-state index in [0.717, 1.165) is 15.9 Å². The van der Waals surface area contributed by atoms with Crippen molar-refractivity contribution in [3.63, 3.8) is 0 Å². The monoisotopic (exact) mass is 281 g/mol. The van der Waals surface area contributed by atoms with Crippen LogP contribution in [0.4, 0.5) is 0 Å². The van der Waals surface area contributed by atoms with Crippen molar-refractivity contribution in [3.8, 4) is 5.69 Å². The highest BCUT2D eigenvalue weighted by Crippen LogP contribution is 2.19. The first-order chi connectivity index (χ1) is 7.70. The second kappa shape index (κ2) is 4.76. The third-order valence-electron chi connectivity index (χ3n) is 2.33. The fourth-order valence-corrected chi connectivity index (χ4v) is 1.74. The SMILES string of the molecule is Cc1ccc(-n2cc(CCO)nn2)cc1Br. The lowest BCUT2D eigenvalue weighted by Gasteiger charge is -2.02. The van der Waals surface area contributed by atoms with E-state index in [9.17, 15) is 0 Å². The average molecular weight is 282 g/mol. The molecule has 0 bridgehead atoms. The van der Waals surface area contributed by atoms with Gasteiger partial charge in [0.05, 0.1) is 17.6 Å². The van der Waals surface area contributed by atoms with Crippen LogP contribution in [0.1, 0.15) is 11.3 Å². The molecule has 0 aliphatic carbocycles. The van der Waals surface area contributed by atoms with Gasteiger partial charge in [0.2, 0.25) is 0 Å². The molecule has 5 heteroatoms. The predicted molar refractivity (Wildman–Crippen MR) is 64.6 cm³/mol. The molecule has 0 aliphatic rings. The molecule has 16 heavy (non-hydrogen) atoms. The molecule has 0 spiro atoms. The Balaban J connectivity index is 2.31. The zero-order valence-corrected chi connectivity index (χ0v) is 10.5. The van der Waals surface area contributed by atoms with Crippen LogP contribution < -0.4 is 0 Å². The Hall–Kier alpha value is -1.20. The highest BCUT2D eigenvalue weighted by Gasteiger charge is 2.03. The number of halogens is 1. The van der Waals surface area contributed by atoms with Crippen molar-refractivity contribution < 1.29 is 5.11 Å². The van der Waals surface area contributed by atoms with Crippen LogP contribution in [-0.4, -0.2) is 26.7 Å². The zero-order valence-electron chi connectivity index (χ0n) is 8.89. The summed E-state index contributed by atoms with van der Waals surface area (Å²) in [5, 5.41) is 16.8. The molecular formula is C11H12BrN3O. The fourth-order valence-electron chi connectivity index (χ4n) is 1.38. The van der Waals surface area contributed by atoms with Crippen LogP contribution in [0, 0.1) is 6.92 Å². The summed E-state index contributed by atoms with van der Waals surface area (Å²) in [5.74, 6) is 0. The fraction of sp³-hybridized carbons (Fsp3) is 0.273. The van der Waals surface area contributed by atoms with Crippen LogP contribution in [0.25, 0.3) is 5.69 Å². The van der Waals surface area contributed by atoms with Crippen LogP contribution >= 0.6 is 15.9 Å². The molecule has 2 aromatic rings. The minimum atomic E-state index is 0.0935. The number of aliphatic hydroxyl groups is 1. The van der Waals surface area contributed by atoms with E-state index in [1.807, 2.05) is 31.3 Å². The normalized spacial score (nSPS) is 10.7. The van der Waals surface area contributed by atoms with Gasteiger partial charge in [-0.25, -0.2) is 4.68 Å². The third-order valence-corrected chi connectivity index (χ3v) is 3.18. The number of rotatable bonds is 3. The number of hydrogen-bond donors (Lipinski definition) is 1. The highest BCUT2D eigenvalue weighted by molar-refractivity contribution is 9.10. The standard InChI is InChI=1S/C11H12BrN3O/c1-8-2-3-10(6-11(8)12)15-7-9(4-5-16)13-14-15/h2-3,6-7,16H,4-5H2,1H3. The van der Waals surface area contributed by atoms with Gasteiger partial charge in [-0.2, -0.15) is 0 Å². The van der Waals surface area contributed by atoms with Gasteiger partial charge in [-0.1, -0.05) is 27.2 Å². The summed E-state index contributed by atoms with van der Waals surface area (Å²) in [5.41, 5.74) is 2.92. The van der Waals surface area contributed by atoms with Crippen LogP contribution in [0.15, 0.2) is 28.9 Å². The molecular weight excluding hydrogens is 270 g/mol. The lowest BCUT2D eigenvalue weighted by molar-refractivity contribution is 0.298. The molecule has 0 atom stereocenters. The maximum Gasteiger partial charge on any atom is 0.0854 e. The topological polar surface area (TPSA) is 50.9 Å². The lowest BCUT2D eigenvalue weighted by atomic mass is 10.2. The van der Waals surface area contributed by atoms with Gasteiger partial charge in [0.15, 0.2) is 0 Å². The molecule has 0 radical (unpaired) electrons. The maximum absolute atomic E-state index is 8.80. The molecule has 0 unspecified atom stereocenters. The van der Waals surface area contributed by atoms with Crippen molar-refractivity contribution >= 4 is 15.9 Å². The summed E-state index contributed by atoms with van der Waals surface area (Å²) in [6.07, 6.45) is 2.36. The van der Waals surface area contributed by atoms with Gasteiger partial charge in [0.1, 0.15) is 0 Å². The van der Waals surface area contributed by atoms with E-state index in [0.29, 0.717) is 6.42 Å². The van der Waals surface area contributed by atoms with Gasteiger partial charge in [-0.3, -0.25) is 0 Å². The van der Waals surface area contributed by atoms with E-state index in [1.54, 1.807) is 4.68 Å². The maximum atomic E-state index is 8.80. The first-order valence-corrected chi connectivity index (χ1v) is 5.78. The van der Waals surface area contributed by atoms with Crippen molar-refractivity contribution in [1.82, 2.24) is 15.0 Å². The Kier molecular flexibility index (Phi) is 3.36. The molecule has 84 valence electrons. The first kappa shape index (κ1) is 11.3. The molecule has 4 nitrogen and oxygen atoms in total. The van der Waals surface area contributed by atoms with E-state index in [4.69, 9.17) is 5.11 Å². The van der Waals surface area contributed by atoms with Crippen LogP contribution in [-0.2, 0) is 6.42 Å². The van der Waals surface area contributed by atoms with Crippen molar-refractivity contribution in [1.29, 1.82) is 0 Å². The van der Waals surface area contributed by atoms with Gasteiger partial charge in [0, 0.05) is 17.5 Å². The minimum absolute atomic E-state index is 0.0935. The van der Waals surface area contributed by atoms with Crippen molar-refractivity contribution in [2.75, 3.05) is 6.61 Å². The largest absolute Gasteiger partial charge is 0.396 e. The first-order valence-electron chi connectivity index (χ1n) is 4.99. The second-order valence-electron chi connectivity index (χ2n) is 3.56. The molecule has 0 saturated heterocycles. The summed E-state index contributed by atoms with van der Waals surface area (Å²) in [6.45, 7) is 2.13. The highest BCUT2D eigenvalue weighted by atomic mass is 79.9. The number of nitrogens with zero attached hydrogens (tertiary/aromatic N) is 3. The molecule has 0 fully saturated rings. The quantitative estimate of drug-likeness (QED) is 0.935. The molecule has 1 heterocycles. The molecule has 0 amide bonds. The number of aryl methyl sites for hydroxylation is 1. The van der Waals surface area contributed by atoms with E-state index < -0.39 is 0 Å². The van der Waals surface area contributed by atoms with E-state index in [2.05, 4.69) is 26.2 Å².